The monoisotopic (exact) mass is 338 g/mol. The van der Waals surface area contributed by atoms with Crippen LogP contribution in [0.4, 0.5) is 15.0 Å². The number of amides is 2. The lowest BCUT2D eigenvalue weighted by Gasteiger charge is -2.10. The van der Waals surface area contributed by atoms with E-state index in [1.807, 2.05) is 12.1 Å². The molecule has 0 atom stereocenters. The van der Waals surface area contributed by atoms with Crippen LogP contribution in [0, 0.1) is 28.5 Å². The summed E-state index contributed by atoms with van der Waals surface area (Å²) in [6.45, 7) is 0.684. The van der Waals surface area contributed by atoms with E-state index in [1.54, 1.807) is 18.3 Å². The highest BCUT2D eigenvalue weighted by atomic mass is 19.1. The summed E-state index contributed by atoms with van der Waals surface area (Å²) in [6, 6.07) is 10.8. The second-order valence-electron chi connectivity index (χ2n) is 4.97. The number of nitriles is 2. The number of carbonyl (C=O) groups is 1. The quantitative estimate of drug-likeness (QED) is 0.696. The fourth-order valence-corrected chi connectivity index (χ4v) is 1.99. The maximum Gasteiger partial charge on any atom is 0.315 e. The van der Waals surface area contributed by atoms with E-state index in [0.717, 1.165) is 6.07 Å². The van der Waals surface area contributed by atoms with Gasteiger partial charge < -0.3 is 16.0 Å². The number of nitrogens with zero attached hydrogens (tertiary/aromatic N) is 3. The van der Waals surface area contributed by atoms with Gasteiger partial charge in [0.1, 0.15) is 17.7 Å². The van der Waals surface area contributed by atoms with Crippen molar-refractivity contribution in [3.63, 3.8) is 0 Å². The van der Waals surface area contributed by atoms with E-state index < -0.39 is 11.8 Å². The fourth-order valence-electron chi connectivity index (χ4n) is 1.99. The topological polar surface area (TPSA) is 114 Å². The number of aromatic nitrogens is 1. The molecule has 1 aromatic heterocycles. The third-order valence-corrected chi connectivity index (χ3v) is 3.25. The first kappa shape index (κ1) is 17.7. The Kier molecular flexibility index (Phi) is 6.26. The summed E-state index contributed by atoms with van der Waals surface area (Å²) in [7, 11) is 0. The van der Waals surface area contributed by atoms with Gasteiger partial charge in [-0.2, -0.15) is 10.5 Å². The van der Waals surface area contributed by atoms with Crippen LogP contribution in [0.3, 0.4) is 0 Å². The molecule has 2 aromatic rings. The predicted molar refractivity (Wildman–Crippen MR) is 88.8 cm³/mol. The molecule has 2 rings (SSSR count). The Labute approximate surface area is 144 Å². The zero-order valence-electron chi connectivity index (χ0n) is 13.2. The minimum Gasteiger partial charge on any atom is -0.367 e. The highest BCUT2D eigenvalue weighted by Crippen LogP contribution is 2.10. The highest BCUT2D eigenvalue weighted by Gasteiger charge is 2.06. The van der Waals surface area contributed by atoms with Crippen LogP contribution in [-0.4, -0.2) is 24.1 Å². The second-order valence-corrected chi connectivity index (χ2v) is 4.97. The molecule has 0 aliphatic carbocycles. The zero-order chi connectivity index (χ0) is 18.1. The van der Waals surface area contributed by atoms with E-state index in [0.29, 0.717) is 30.0 Å². The van der Waals surface area contributed by atoms with E-state index in [2.05, 4.69) is 20.9 Å². The van der Waals surface area contributed by atoms with Crippen LogP contribution in [0.15, 0.2) is 36.5 Å². The number of benzene rings is 1. The van der Waals surface area contributed by atoms with E-state index >= 15 is 0 Å². The molecule has 25 heavy (non-hydrogen) atoms. The first-order chi connectivity index (χ1) is 12.1. The third kappa shape index (κ3) is 5.19. The lowest BCUT2D eigenvalue weighted by atomic mass is 10.1. The van der Waals surface area contributed by atoms with Gasteiger partial charge in [0.25, 0.3) is 0 Å². The number of rotatable bonds is 6. The van der Waals surface area contributed by atoms with Gasteiger partial charge in [-0.25, -0.2) is 14.2 Å². The van der Waals surface area contributed by atoms with Crippen LogP contribution in [0.25, 0.3) is 0 Å². The van der Waals surface area contributed by atoms with Crippen molar-refractivity contribution < 1.29 is 9.18 Å². The molecule has 126 valence electrons. The smallest absolute Gasteiger partial charge is 0.315 e. The molecule has 1 aromatic carbocycles. The molecule has 7 nitrogen and oxygen atoms in total. The van der Waals surface area contributed by atoms with Gasteiger partial charge in [-0.3, -0.25) is 0 Å². The molecule has 1 heterocycles. The van der Waals surface area contributed by atoms with Crippen molar-refractivity contribution in [3.05, 3.63) is 59.0 Å². The summed E-state index contributed by atoms with van der Waals surface area (Å²) in [5.74, 6) is -0.0907. The molecule has 0 spiro atoms. The number of anilines is 1. The molecule has 0 aliphatic rings. The van der Waals surface area contributed by atoms with Gasteiger partial charge in [0.15, 0.2) is 0 Å². The lowest BCUT2D eigenvalue weighted by molar-refractivity contribution is 0.241. The van der Waals surface area contributed by atoms with Crippen LogP contribution >= 0.6 is 0 Å². The molecule has 0 saturated carbocycles. The number of hydrogen-bond acceptors (Lipinski definition) is 5. The Hall–Kier alpha value is -3.65. The van der Waals surface area contributed by atoms with Gasteiger partial charge >= 0.3 is 6.03 Å². The lowest BCUT2D eigenvalue weighted by Crippen LogP contribution is -2.37. The molecule has 0 radical (unpaired) electrons. The average molecular weight is 338 g/mol. The molecular weight excluding hydrogens is 323 g/mol. The number of urea groups is 1. The van der Waals surface area contributed by atoms with Crippen LogP contribution in [-0.2, 0) is 6.54 Å². The number of nitrogens with one attached hydrogen (secondary N) is 3. The Morgan fingerprint density at radius 2 is 2.00 bits per heavy atom. The molecule has 3 N–H and O–H groups in total. The maximum absolute atomic E-state index is 13.7. The minimum atomic E-state index is -0.541. The van der Waals surface area contributed by atoms with Crippen LogP contribution in [0.1, 0.15) is 16.7 Å². The van der Waals surface area contributed by atoms with Crippen molar-refractivity contribution in [1.82, 2.24) is 15.6 Å². The van der Waals surface area contributed by atoms with Gasteiger partial charge in [0.2, 0.25) is 0 Å². The first-order valence-electron chi connectivity index (χ1n) is 7.43. The second kappa shape index (κ2) is 8.85. The summed E-state index contributed by atoms with van der Waals surface area (Å²) < 4.78 is 13.7. The summed E-state index contributed by atoms with van der Waals surface area (Å²) in [5.41, 5.74) is 0.936. The number of pyridine rings is 1. The van der Waals surface area contributed by atoms with Gasteiger partial charge in [-0.15, -0.1) is 0 Å². The predicted octanol–water partition coefficient (Wildman–Crippen LogP) is 1.88. The minimum absolute atomic E-state index is 0.00955. The van der Waals surface area contributed by atoms with Crippen molar-refractivity contribution >= 4 is 11.8 Å². The van der Waals surface area contributed by atoms with Crippen molar-refractivity contribution in [2.75, 3.05) is 18.4 Å². The summed E-state index contributed by atoms with van der Waals surface area (Å²) >= 11 is 0. The summed E-state index contributed by atoms with van der Waals surface area (Å²) in [6.07, 6.45) is 1.56. The molecule has 2 amide bonds. The van der Waals surface area contributed by atoms with E-state index in [4.69, 9.17) is 10.5 Å². The Balaban J connectivity index is 1.73. The van der Waals surface area contributed by atoms with Gasteiger partial charge in [0.05, 0.1) is 17.2 Å². The Bertz CT molecular complexity index is 840. The summed E-state index contributed by atoms with van der Waals surface area (Å²) in [5, 5.41) is 25.7. The van der Waals surface area contributed by atoms with Crippen molar-refractivity contribution in [2.45, 2.75) is 6.54 Å². The van der Waals surface area contributed by atoms with Crippen LogP contribution in [0.5, 0.6) is 0 Å². The van der Waals surface area contributed by atoms with Crippen molar-refractivity contribution in [2.24, 2.45) is 0 Å². The fraction of sp³-hybridized carbons (Fsp3) is 0.176. The highest BCUT2D eigenvalue weighted by molar-refractivity contribution is 5.73. The number of hydrogen-bond donors (Lipinski definition) is 3. The van der Waals surface area contributed by atoms with Crippen molar-refractivity contribution in [1.29, 1.82) is 10.5 Å². The largest absolute Gasteiger partial charge is 0.367 e. The van der Waals surface area contributed by atoms with Crippen molar-refractivity contribution in [3.8, 4) is 12.1 Å². The van der Waals surface area contributed by atoms with E-state index in [9.17, 15) is 9.18 Å². The maximum atomic E-state index is 13.7. The van der Waals surface area contributed by atoms with Gasteiger partial charge in [-0.05, 0) is 24.3 Å². The third-order valence-electron chi connectivity index (χ3n) is 3.25. The first-order valence-corrected chi connectivity index (χ1v) is 7.43. The van der Waals surface area contributed by atoms with E-state index in [1.165, 1.54) is 12.1 Å². The molecule has 0 bridgehead atoms. The average Bonchev–Trinajstić information content (AvgIpc) is 2.64. The molecule has 0 aliphatic heterocycles. The normalized spacial score (nSPS) is 9.56. The summed E-state index contributed by atoms with van der Waals surface area (Å²) in [4.78, 5) is 15.7. The SMILES string of the molecule is N#Cc1ccc(CNC(=O)NCCNc2ncccc2C#N)c(F)c1. The molecule has 0 unspecified atom stereocenters. The Morgan fingerprint density at radius 1 is 1.16 bits per heavy atom. The number of halogens is 1. The molecule has 0 fully saturated rings. The number of carbonyl (C=O) groups excluding carboxylic acids is 1. The van der Waals surface area contributed by atoms with Crippen LogP contribution < -0.4 is 16.0 Å². The molecule has 8 heteroatoms. The Morgan fingerprint density at radius 3 is 2.72 bits per heavy atom. The van der Waals surface area contributed by atoms with Gasteiger partial charge in [-0.1, -0.05) is 6.07 Å². The van der Waals surface area contributed by atoms with Crippen LogP contribution in [0.2, 0.25) is 0 Å². The zero-order valence-corrected chi connectivity index (χ0v) is 13.2. The van der Waals surface area contributed by atoms with Gasteiger partial charge in [0, 0.05) is 31.4 Å². The standard InChI is InChI=1S/C17H15FN6O/c18-15-8-12(9-19)3-4-14(15)11-24-17(25)23-7-6-22-16-13(10-20)2-1-5-21-16/h1-5,8H,6-7,11H2,(H,21,22)(H2,23,24,25). The van der Waals surface area contributed by atoms with E-state index in [-0.39, 0.29) is 12.1 Å². The molecular formula is C17H15FN6O. The molecule has 0 saturated heterocycles.